The number of thioether (sulfide) groups is 1. The van der Waals surface area contributed by atoms with E-state index in [1.54, 1.807) is 11.8 Å². The number of benzene rings is 5. The van der Waals surface area contributed by atoms with E-state index in [1.165, 1.54) is 7.11 Å². The Morgan fingerprint density at radius 3 is 1.69 bits per heavy atom. The molecule has 260 valence electrons. The molecule has 0 unspecified atom stereocenters. The molecular formula is C43H42N2O5S. The number of hydrogen-bond acceptors (Lipinski definition) is 6. The Morgan fingerprint density at radius 1 is 0.686 bits per heavy atom. The van der Waals surface area contributed by atoms with Crippen LogP contribution in [0.4, 0.5) is 4.79 Å². The molecule has 51 heavy (non-hydrogen) atoms. The van der Waals surface area contributed by atoms with E-state index in [9.17, 15) is 14.4 Å². The minimum absolute atomic E-state index is 0.110. The van der Waals surface area contributed by atoms with Gasteiger partial charge in [0.1, 0.15) is 12.6 Å². The van der Waals surface area contributed by atoms with Gasteiger partial charge in [0.15, 0.2) is 0 Å². The van der Waals surface area contributed by atoms with Crippen LogP contribution < -0.4 is 10.6 Å². The van der Waals surface area contributed by atoms with E-state index in [0.717, 1.165) is 38.9 Å². The normalized spacial score (nSPS) is 12.6. The van der Waals surface area contributed by atoms with Gasteiger partial charge in [0.2, 0.25) is 5.91 Å². The average molecular weight is 699 g/mol. The zero-order chi connectivity index (χ0) is 35.5. The lowest BCUT2D eigenvalue weighted by Crippen LogP contribution is -2.49. The number of carbonyl (C=O) groups excluding carboxylic acids is 3. The van der Waals surface area contributed by atoms with E-state index in [1.807, 2.05) is 78.9 Å². The molecule has 2 N–H and O–H groups in total. The van der Waals surface area contributed by atoms with Crippen LogP contribution in [0.5, 0.6) is 0 Å². The van der Waals surface area contributed by atoms with Crippen LogP contribution >= 0.6 is 11.8 Å². The fraction of sp³-hybridized carbons (Fsp3) is 0.233. The standard InChI is InChI=1S/C43H42N2O5S/c1-49-40(46)27-15-16-28-44-41(47)39(45-42(48)50-29-38-36-25-13-11-23-34(36)35-24-12-14-26-37(35)38)30-51-43(31-17-5-2-6-18-31,32-19-7-3-8-20-32)33-21-9-4-10-22-33/h2-14,17-26,38-39H,15-16,27-30H2,1H3,(H,44,47)(H,45,48)/t39-/m1/s1. The first-order valence-electron chi connectivity index (χ1n) is 17.3. The number of alkyl carbamates (subject to hydrolysis) is 1. The Balaban J connectivity index is 1.24. The molecule has 0 radical (unpaired) electrons. The van der Waals surface area contributed by atoms with Gasteiger partial charge in [-0.3, -0.25) is 9.59 Å². The third-order valence-electron chi connectivity index (χ3n) is 9.29. The maximum Gasteiger partial charge on any atom is 0.407 e. The molecule has 1 atom stereocenters. The predicted molar refractivity (Wildman–Crippen MR) is 203 cm³/mol. The van der Waals surface area contributed by atoms with Crippen molar-refractivity contribution in [3.8, 4) is 11.1 Å². The van der Waals surface area contributed by atoms with Gasteiger partial charge < -0.3 is 20.1 Å². The highest BCUT2D eigenvalue weighted by molar-refractivity contribution is 8.00. The molecule has 0 bridgehead atoms. The third kappa shape index (κ3) is 8.18. The van der Waals surface area contributed by atoms with Gasteiger partial charge >= 0.3 is 12.1 Å². The zero-order valence-electron chi connectivity index (χ0n) is 28.6. The van der Waals surface area contributed by atoms with Crippen LogP contribution in [-0.2, 0) is 23.8 Å². The SMILES string of the molecule is COC(=O)CCCCNC(=O)[C@@H](CSC(c1ccccc1)(c1ccccc1)c1ccccc1)NC(=O)OCC1c2ccccc2-c2ccccc21. The van der Waals surface area contributed by atoms with Crippen LogP contribution in [0.25, 0.3) is 11.1 Å². The van der Waals surface area contributed by atoms with Gasteiger partial charge in [0.05, 0.1) is 11.9 Å². The number of unbranched alkanes of at least 4 members (excludes halogenated alkanes) is 1. The Kier molecular flexibility index (Phi) is 11.9. The third-order valence-corrected chi connectivity index (χ3v) is 10.9. The molecule has 5 aromatic rings. The molecule has 0 aromatic heterocycles. The molecule has 0 spiro atoms. The molecule has 5 aromatic carbocycles. The minimum Gasteiger partial charge on any atom is -0.469 e. The maximum atomic E-state index is 13.9. The predicted octanol–water partition coefficient (Wildman–Crippen LogP) is 8.08. The van der Waals surface area contributed by atoms with E-state index < -0.39 is 16.9 Å². The second-order valence-corrected chi connectivity index (χ2v) is 13.7. The van der Waals surface area contributed by atoms with Crippen molar-refractivity contribution in [3.63, 3.8) is 0 Å². The fourth-order valence-corrected chi connectivity index (χ4v) is 8.33. The van der Waals surface area contributed by atoms with Crippen molar-refractivity contribution in [2.24, 2.45) is 0 Å². The first-order valence-corrected chi connectivity index (χ1v) is 18.3. The maximum absolute atomic E-state index is 13.9. The van der Waals surface area contributed by atoms with Crippen molar-refractivity contribution >= 4 is 29.7 Å². The van der Waals surface area contributed by atoms with E-state index in [0.29, 0.717) is 19.4 Å². The average Bonchev–Trinajstić information content (AvgIpc) is 3.51. The highest BCUT2D eigenvalue weighted by atomic mass is 32.2. The van der Waals surface area contributed by atoms with Crippen LogP contribution in [0.1, 0.15) is 53.0 Å². The highest BCUT2D eigenvalue weighted by Gasteiger charge is 2.39. The van der Waals surface area contributed by atoms with Crippen molar-refractivity contribution < 1.29 is 23.9 Å². The molecule has 1 aliphatic carbocycles. The van der Waals surface area contributed by atoms with Gasteiger partial charge in [-0.05, 0) is 51.8 Å². The number of esters is 1. The van der Waals surface area contributed by atoms with Crippen molar-refractivity contribution in [3.05, 3.63) is 167 Å². The van der Waals surface area contributed by atoms with Crippen molar-refractivity contribution in [2.75, 3.05) is 26.0 Å². The number of ether oxygens (including phenoxy) is 2. The lowest BCUT2D eigenvalue weighted by Gasteiger charge is -2.36. The summed E-state index contributed by atoms with van der Waals surface area (Å²) in [5.74, 6) is -0.470. The summed E-state index contributed by atoms with van der Waals surface area (Å²) in [5.41, 5.74) is 7.66. The second-order valence-electron chi connectivity index (χ2n) is 12.4. The van der Waals surface area contributed by atoms with Crippen molar-refractivity contribution in [1.29, 1.82) is 0 Å². The molecular weight excluding hydrogens is 657 g/mol. The molecule has 0 aliphatic heterocycles. The van der Waals surface area contributed by atoms with Gasteiger partial charge in [-0.2, -0.15) is 0 Å². The molecule has 0 saturated heterocycles. The lowest BCUT2D eigenvalue weighted by molar-refractivity contribution is -0.140. The largest absolute Gasteiger partial charge is 0.469 e. The van der Waals surface area contributed by atoms with Gasteiger partial charge in [-0.1, -0.05) is 140 Å². The van der Waals surface area contributed by atoms with Gasteiger partial charge in [-0.15, -0.1) is 11.8 Å². The van der Waals surface area contributed by atoms with Crippen LogP contribution in [0.15, 0.2) is 140 Å². The molecule has 0 heterocycles. The smallest absolute Gasteiger partial charge is 0.407 e. The summed E-state index contributed by atoms with van der Waals surface area (Å²) in [7, 11) is 1.36. The van der Waals surface area contributed by atoms with E-state index >= 15 is 0 Å². The van der Waals surface area contributed by atoms with Crippen LogP contribution in [0.3, 0.4) is 0 Å². The zero-order valence-corrected chi connectivity index (χ0v) is 29.4. The van der Waals surface area contributed by atoms with Crippen LogP contribution in [0.2, 0.25) is 0 Å². The summed E-state index contributed by atoms with van der Waals surface area (Å²) in [6.07, 6.45) is 0.782. The minimum atomic E-state index is -0.915. The first-order chi connectivity index (χ1) is 25.0. The summed E-state index contributed by atoms with van der Waals surface area (Å²) in [4.78, 5) is 39.0. The Labute approximate surface area is 303 Å². The summed E-state index contributed by atoms with van der Waals surface area (Å²) < 4.78 is 9.95. The number of hydrogen-bond donors (Lipinski definition) is 2. The number of rotatable bonds is 15. The Hall–Kier alpha value is -5.34. The topological polar surface area (TPSA) is 93.7 Å². The number of fused-ring (bicyclic) bond motifs is 3. The number of nitrogens with one attached hydrogen (secondary N) is 2. The molecule has 6 rings (SSSR count). The summed E-state index contributed by atoms with van der Waals surface area (Å²) in [6, 6.07) is 46.1. The van der Waals surface area contributed by atoms with Gasteiger partial charge in [0, 0.05) is 24.6 Å². The molecule has 7 nitrogen and oxygen atoms in total. The molecule has 0 fully saturated rings. The van der Waals surface area contributed by atoms with Gasteiger partial charge in [-0.25, -0.2) is 4.79 Å². The van der Waals surface area contributed by atoms with Crippen LogP contribution in [-0.4, -0.2) is 50.0 Å². The molecule has 0 saturated carbocycles. The molecule has 8 heteroatoms. The highest BCUT2D eigenvalue weighted by Crippen LogP contribution is 2.49. The number of amides is 2. The Bertz CT molecular complexity index is 1780. The number of methoxy groups -OCH3 is 1. The van der Waals surface area contributed by atoms with Gasteiger partial charge in [0.25, 0.3) is 0 Å². The Morgan fingerprint density at radius 2 is 1.18 bits per heavy atom. The van der Waals surface area contributed by atoms with E-state index in [2.05, 4.69) is 71.3 Å². The molecule has 1 aliphatic rings. The van der Waals surface area contributed by atoms with E-state index in [4.69, 9.17) is 9.47 Å². The lowest BCUT2D eigenvalue weighted by atomic mass is 9.84. The molecule has 2 amide bonds. The second kappa shape index (κ2) is 17.1. The van der Waals surface area contributed by atoms with E-state index in [-0.39, 0.29) is 36.6 Å². The summed E-state index contributed by atoms with van der Waals surface area (Å²) in [5, 5.41) is 5.90. The fourth-order valence-electron chi connectivity index (χ4n) is 6.77. The van der Waals surface area contributed by atoms with Crippen molar-refractivity contribution in [2.45, 2.75) is 36.0 Å². The van der Waals surface area contributed by atoms with Crippen LogP contribution in [0, 0.1) is 0 Å². The summed E-state index contributed by atoms with van der Waals surface area (Å²) >= 11 is 1.59. The summed E-state index contributed by atoms with van der Waals surface area (Å²) in [6.45, 7) is 0.488. The first kappa shape index (κ1) is 35.5. The number of carbonyl (C=O) groups is 3. The quantitative estimate of drug-likeness (QED) is 0.0653. The van der Waals surface area contributed by atoms with Crippen molar-refractivity contribution in [1.82, 2.24) is 10.6 Å². The monoisotopic (exact) mass is 698 g/mol.